The molecular formula is C19H28F3N3O3. The number of hydrogen-bond acceptors (Lipinski definition) is 4. The number of halogens is 3. The van der Waals surface area contributed by atoms with Crippen LogP contribution in [0.3, 0.4) is 0 Å². The molecule has 0 spiro atoms. The summed E-state index contributed by atoms with van der Waals surface area (Å²) in [6.07, 6.45) is 0.672. The van der Waals surface area contributed by atoms with Crippen LogP contribution >= 0.6 is 0 Å². The van der Waals surface area contributed by atoms with Gasteiger partial charge in [0.15, 0.2) is 0 Å². The van der Waals surface area contributed by atoms with E-state index in [2.05, 4.69) is 30.0 Å². The van der Waals surface area contributed by atoms with Crippen LogP contribution in [0, 0.1) is 5.92 Å². The van der Waals surface area contributed by atoms with Gasteiger partial charge >= 0.3 is 12.1 Å². The van der Waals surface area contributed by atoms with E-state index in [0.29, 0.717) is 19.3 Å². The highest BCUT2D eigenvalue weighted by Crippen LogP contribution is 2.32. The van der Waals surface area contributed by atoms with Crippen LogP contribution in [0.4, 0.5) is 13.2 Å². The number of fused-ring (bicyclic) bond motifs is 1. The Bertz CT molecular complexity index is 682. The van der Waals surface area contributed by atoms with E-state index in [-0.39, 0.29) is 0 Å². The molecule has 158 valence electrons. The van der Waals surface area contributed by atoms with Crippen molar-refractivity contribution in [1.82, 2.24) is 14.7 Å². The molecule has 1 N–H and O–H groups in total. The molecule has 1 saturated carbocycles. The van der Waals surface area contributed by atoms with Crippen molar-refractivity contribution in [3.05, 3.63) is 29.6 Å². The molecule has 9 heteroatoms. The van der Waals surface area contributed by atoms with Gasteiger partial charge in [-0.1, -0.05) is 6.08 Å². The fourth-order valence-electron chi connectivity index (χ4n) is 3.18. The molecule has 28 heavy (non-hydrogen) atoms. The maximum absolute atomic E-state index is 10.6. The minimum atomic E-state index is -5.08. The monoisotopic (exact) mass is 403 g/mol. The van der Waals surface area contributed by atoms with E-state index in [0.717, 1.165) is 24.6 Å². The Balaban J connectivity index is 0.000000345. The van der Waals surface area contributed by atoms with E-state index in [1.165, 1.54) is 37.2 Å². The molecule has 2 aliphatic rings. The first-order valence-electron chi connectivity index (χ1n) is 9.43. The van der Waals surface area contributed by atoms with Crippen molar-refractivity contribution in [2.45, 2.75) is 58.5 Å². The maximum Gasteiger partial charge on any atom is 0.490 e. The Morgan fingerprint density at radius 3 is 2.57 bits per heavy atom. The average molecular weight is 403 g/mol. The van der Waals surface area contributed by atoms with Gasteiger partial charge in [0, 0.05) is 31.2 Å². The second-order valence-electron chi connectivity index (χ2n) is 7.45. The Labute approximate surface area is 163 Å². The summed E-state index contributed by atoms with van der Waals surface area (Å²) in [5, 5.41) is 11.9. The largest absolute Gasteiger partial charge is 0.490 e. The first kappa shape index (κ1) is 22.4. The van der Waals surface area contributed by atoms with Gasteiger partial charge in [-0.2, -0.15) is 18.3 Å². The number of aromatic nitrogens is 2. The molecule has 1 aromatic heterocycles. The van der Waals surface area contributed by atoms with E-state index in [4.69, 9.17) is 19.7 Å². The molecule has 1 fully saturated rings. The highest BCUT2D eigenvalue weighted by molar-refractivity contribution is 5.73. The molecule has 0 aromatic carbocycles. The quantitative estimate of drug-likeness (QED) is 0.557. The number of alkyl halides is 3. The van der Waals surface area contributed by atoms with Crippen LogP contribution in [-0.2, 0) is 29.1 Å². The standard InChI is InChI=1S/C17H27N3O.C2HF3O2/c1-4-9-21-12-16-15-7-8-19(10-14-5-6-14)11-17(15)20(18-16)13(2)3;3-2(4,5)1(6)7/h4,13-14H,1,5-12H2,2-3H3;(H,6,7). The summed E-state index contributed by atoms with van der Waals surface area (Å²) in [6.45, 7) is 12.8. The smallest absolute Gasteiger partial charge is 0.475 e. The van der Waals surface area contributed by atoms with Crippen LogP contribution in [0.25, 0.3) is 0 Å². The predicted molar refractivity (Wildman–Crippen MR) is 97.9 cm³/mol. The molecule has 1 aliphatic carbocycles. The number of rotatable bonds is 7. The molecule has 0 saturated heterocycles. The average Bonchev–Trinajstić information content (AvgIpc) is 3.34. The SMILES string of the molecule is C=CCOCc1nn(C(C)C)c2c1CCN(CC1CC1)C2.O=C(O)C(F)(F)F. The second-order valence-corrected chi connectivity index (χ2v) is 7.45. The summed E-state index contributed by atoms with van der Waals surface area (Å²) in [7, 11) is 0. The van der Waals surface area contributed by atoms with Gasteiger partial charge in [0.1, 0.15) is 0 Å². The van der Waals surface area contributed by atoms with Crippen LogP contribution in [0.5, 0.6) is 0 Å². The molecule has 0 radical (unpaired) electrons. The first-order valence-corrected chi connectivity index (χ1v) is 9.43. The number of ether oxygens (including phenoxy) is 1. The second kappa shape index (κ2) is 9.56. The number of carboxylic acids is 1. The van der Waals surface area contributed by atoms with Gasteiger partial charge in [0.05, 0.1) is 24.6 Å². The van der Waals surface area contributed by atoms with Gasteiger partial charge in [-0.3, -0.25) is 9.58 Å². The van der Waals surface area contributed by atoms with Crippen molar-refractivity contribution in [3.63, 3.8) is 0 Å². The molecule has 3 rings (SSSR count). The lowest BCUT2D eigenvalue weighted by Crippen LogP contribution is -2.33. The summed E-state index contributed by atoms with van der Waals surface area (Å²) in [4.78, 5) is 11.5. The minimum absolute atomic E-state index is 0.410. The first-order chi connectivity index (χ1) is 13.1. The van der Waals surface area contributed by atoms with Crippen molar-refractivity contribution in [3.8, 4) is 0 Å². The van der Waals surface area contributed by atoms with E-state index in [1.807, 2.05) is 0 Å². The van der Waals surface area contributed by atoms with Gasteiger partial charge in [0.25, 0.3) is 0 Å². The van der Waals surface area contributed by atoms with Gasteiger partial charge in [-0.25, -0.2) is 4.79 Å². The molecule has 0 amide bonds. The summed E-state index contributed by atoms with van der Waals surface area (Å²) >= 11 is 0. The fraction of sp³-hybridized carbons (Fsp3) is 0.684. The van der Waals surface area contributed by atoms with Crippen LogP contribution in [0.1, 0.15) is 49.7 Å². The molecule has 2 heterocycles. The van der Waals surface area contributed by atoms with Gasteiger partial charge < -0.3 is 9.84 Å². The predicted octanol–water partition coefficient (Wildman–Crippen LogP) is 3.57. The van der Waals surface area contributed by atoms with Crippen molar-refractivity contribution < 1.29 is 27.8 Å². The third-order valence-corrected chi connectivity index (χ3v) is 4.67. The Morgan fingerprint density at radius 2 is 2.07 bits per heavy atom. The maximum atomic E-state index is 10.6. The normalized spacial score (nSPS) is 17.1. The molecule has 0 atom stereocenters. The highest BCUT2D eigenvalue weighted by Gasteiger charge is 2.38. The van der Waals surface area contributed by atoms with Gasteiger partial charge in [-0.15, -0.1) is 6.58 Å². The number of hydrogen-bond donors (Lipinski definition) is 1. The van der Waals surface area contributed by atoms with Gasteiger partial charge in [-0.05, 0) is 39.0 Å². The molecule has 0 unspecified atom stereocenters. The van der Waals surface area contributed by atoms with Crippen molar-refractivity contribution >= 4 is 5.97 Å². The van der Waals surface area contributed by atoms with E-state index in [1.54, 1.807) is 6.08 Å². The number of aliphatic carboxylic acids is 1. The fourth-order valence-corrected chi connectivity index (χ4v) is 3.18. The lowest BCUT2D eigenvalue weighted by molar-refractivity contribution is -0.192. The lowest BCUT2D eigenvalue weighted by atomic mass is 10.0. The Kier molecular flexibility index (Phi) is 7.65. The van der Waals surface area contributed by atoms with Crippen molar-refractivity contribution in [2.24, 2.45) is 5.92 Å². The third-order valence-electron chi connectivity index (χ3n) is 4.67. The van der Waals surface area contributed by atoms with E-state index < -0.39 is 12.1 Å². The van der Waals surface area contributed by atoms with E-state index >= 15 is 0 Å². The lowest BCUT2D eigenvalue weighted by Gasteiger charge is -2.28. The van der Waals surface area contributed by atoms with Gasteiger partial charge in [0.2, 0.25) is 0 Å². The topological polar surface area (TPSA) is 67.6 Å². The summed E-state index contributed by atoms with van der Waals surface area (Å²) in [5.74, 6) is -1.80. The summed E-state index contributed by atoms with van der Waals surface area (Å²) < 4.78 is 39.6. The number of carbonyl (C=O) groups is 1. The van der Waals surface area contributed by atoms with Crippen LogP contribution in [0.15, 0.2) is 12.7 Å². The van der Waals surface area contributed by atoms with Crippen LogP contribution < -0.4 is 0 Å². The number of carboxylic acid groups (broad SMARTS) is 1. The number of nitrogens with zero attached hydrogens (tertiary/aromatic N) is 3. The Morgan fingerprint density at radius 1 is 1.43 bits per heavy atom. The minimum Gasteiger partial charge on any atom is -0.475 e. The molecule has 0 bridgehead atoms. The molecular weight excluding hydrogens is 375 g/mol. The summed E-state index contributed by atoms with van der Waals surface area (Å²) in [6, 6.07) is 0.410. The van der Waals surface area contributed by atoms with Crippen LogP contribution in [-0.4, -0.2) is 51.6 Å². The zero-order valence-corrected chi connectivity index (χ0v) is 16.3. The zero-order chi connectivity index (χ0) is 20.9. The molecule has 1 aromatic rings. The van der Waals surface area contributed by atoms with Crippen LogP contribution in [0.2, 0.25) is 0 Å². The molecule has 6 nitrogen and oxygen atoms in total. The highest BCUT2D eigenvalue weighted by atomic mass is 19.4. The summed E-state index contributed by atoms with van der Waals surface area (Å²) in [5.41, 5.74) is 3.97. The third kappa shape index (κ3) is 6.34. The van der Waals surface area contributed by atoms with Crippen molar-refractivity contribution in [2.75, 3.05) is 19.7 Å². The van der Waals surface area contributed by atoms with Crippen molar-refractivity contribution in [1.29, 1.82) is 0 Å². The Hall–Kier alpha value is -1.87. The zero-order valence-electron chi connectivity index (χ0n) is 16.3. The molecule has 1 aliphatic heterocycles. The van der Waals surface area contributed by atoms with E-state index in [9.17, 15) is 13.2 Å².